The van der Waals surface area contributed by atoms with E-state index in [0.717, 1.165) is 0 Å². The number of hydrogen-bond donors (Lipinski definition) is 1. The minimum absolute atomic E-state index is 0.0139. The van der Waals surface area contributed by atoms with Crippen LogP contribution in [0.2, 0.25) is 0 Å². The standard InChI is InChI=1S/C11H15F2NO/c1-8-3-2-4-9(13)10(8)11(7-12)5-6-15-14-11/h2-4,8,10,14H,5-7H2,1H3/t8?,10?,11-/m1/s1. The van der Waals surface area contributed by atoms with E-state index in [1.807, 2.05) is 13.0 Å². The molecule has 1 N–H and O–H groups in total. The lowest BCUT2D eigenvalue weighted by molar-refractivity contribution is 0.0231. The first-order valence-corrected chi connectivity index (χ1v) is 5.18. The van der Waals surface area contributed by atoms with E-state index in [0.29, 0.717) is 13.0 Å². The van der Waals surface area contributed by atoms with Gasteiger partial charge in [-0.1, -0.05) is 19.1 Å². The number of hydroxylamine groups is 1. The summed E-state index contributed by atoms with van der Waals surface area (Å²) in [5.41, 5.74) is 1.78. The molecule has 1 aliphatic heterocycles. The third-order valence-electron chi connectivity index (χ3n) is 3.25. The second-order valence-corrected chi connectivity index (χ2v) is 4.26. The molecule has 2 aliphatic rings. The molecule has 0 bridgehead atoms. The van der Waals surface area contributed by atoms with Crippen molar-refractivity contribution in [2.75, 3.05) is 13.3 Å². The van der Waals surface area contributed by atoms with Crippen LogP contribution in [0, 0.1) is 11.8 Å². The number of hydrogen-bond acceptors (Lipinski definition) is 2. The summed E-state index contributed by atoms with van der Waals surface area (Å²) in [6, 6.07) is 0. The van der Waals surface area contributed by atoms with Crippen molar-refractivity contribution >= 4 is 0 Å². The van der Waals surface area contributed by atoms with E-state index in [-0.39, 0.29) is 11.7 Å². The third kappa shape index (κ3) is 1.72. The third-order valence-corrected chi connectivity index (χ3v) is 3.25. The molecule has 2 unspecified atom stereocenters. The lowest BCUT2D eigenvalue weighted by Gasteiger charge is -2.37. The van der Waals surface area contributed by atoms with Gasteiger partial charge in [0.05, 0.1) is 12.1 Å². The highest BCUT2D eigenvalue weighted by Crippen LogP contribution is 2.40. The molecular weight excluding hydrogens is 200 g/mol. The van der Waals surface area contributed by atoms with E-state index < -0.39 is 18.1 Å². The molecule has 0 aromatic carbocycles. The van der Waals surface area contributed by atoms with Crippen molar-refractivity contribution in [3.63, 3.8) is 0 Å². The molecule has 2 nitrogen and oxygen atoms in total. The van der Waals surface area contributed by atoms with Gasteiger partial charge in [0.2, 0.25) is 0 Å². The Bertz CT molecular complexity index is 295. The molecule has 2 rings (SSSR count). The van der Waals surface area contributed by atoms with Crippen LogP contribution in [0.15, 0.2) is 24.1 Å². The molecule has 0 radical (unpaired) electrons. The second kappa shape index (κ2) is 4.02. The van der Waals surface area contributed by atoms with E-state index in [4.69, 9.17) is 4.84 Å². The highest BCUT2D eigenvalue weighted by molar-refractivity contribution is 5.23. The first-order valence-electron chi connectivity index (χ1n) is 5.18. The van der Waals surface area contributed by atoms with Crippen LogP contribution in [0.3, 0.4) is 0 Å². The number of allylic oxidation sites excluding steroid dienone is 3. The highest BCUT2D eigenvalue weighted by atomic mass is 19.1. The second-order valence-electron chi connectivity index (χ2n) is 4.26. The van der Waals surface area contributed by atoms with Crippen LogP contribution in [0.1, 0.15) is 13.3 Å². The minimum Gasteiger partial charge on any atom is -0.301 e. The van der Waals surface area contributed by atoms with Crippen LogP contribution in [-0.4, -0.2) is 18.8 Å². The van der Waals surface area contributed by atoms with Gasteiger partial charge in [-0.15, -0.1) is 0 Å². The molecule has 0 aromatic heterocycles. The van der Waals surface area contributed by atoms with Gasteiger partial charge in [0.25, 0.3) is 0 Å². The Morgan fingerprint density at radius 3 is 3.00 bits per heavy atom. The molecule has 1 aliphatic carbocycles. The van der Waals surface area contributed by atoms with E-state index in [1.165, 1.54) is 6.08 Å². The van der Waals surface area contributed by atoms with Crippen LogP contribution >= 0.6 is 0 Å². The van der Waals surface area contributed by atoms with Crippen molar-refractivity contribution in [2.45, 2.75) is 18.9 Å². The molecule has 1 saturated heterocycles. The topological polar surface area (TPSA) is 21.3 Å². The monoisotopic (exact) mass is 215 g/mol. The molecule has 0 spiro atoms. The first-order chi connectivity index (χ1) is 7.19. The fourth-order valence-electron chi connectivity index (χ4n) is 2.43. The summed E-state index contributed by atoms with van der Waals surface area (Å²) >= 11 is 0. The zero-order chi connectivity index (χ0) is 10.9. The Kier molecular flexibility index (Phi) is 2.89. The zero-order valence-corrected chi connectivity index (χ0v) is 8.67. The molecule has 15 heavy (non-hydrogen) atoms. The Labute approximate surface area is 87.9 Å². The smallest absolute Gasteiger partial charge is 0.111 e. The quantitative estimate of drug-likeness (QED) is 0.763. The van der Waals surface area contributed by atoms with Crippen LogP contribution in [0.5, 0.6) is 0 Å². The van der Waals surface area contributed by atoms with Gasteiger partial charge in [0, 0.05) is 5.92 Å². The number of rotatable bonds is 2. The molecule has 1 fully saturated rings. The Morgan fingerprint density at radius 2 is 2.47 bits per heavy atom. The minimum atomic E-state index is -0.884. The van der Waals surface area contributed by atoms with Crippen LogP contribution < -0.4 is 5.48 Å². The van der Waals surface area contributed by atoms with Gasteiger partial charge in [0.15, 0.2) is 0 Å². The van der Waals surface area contributed by atoms with Crippen molar-refractivity contribution in [1.82, 2.24) is 5.48 Å². The van der Waals surface area contributed by atoms with Gasteiger partial charge in [-0.2, -0.15) is 5.48 Å². The van der Waals surface area contributed by atoms with Crippen molar-refractivity contribution < 1.29 is 13.6 Å². The SMILES string of the molecule is CC1C=CC=C(F)C1[C@]1(CF)CCON1. The molecule has 4 heteroatoms. The van der Waals surface area contributed by atoms with Gasteiger partial charge in [-0.05, 0) is 18.4 Å². The Hall–Kier alpha value is -0.740. The fourth-order valence-corrected chi connectivity index (χ4v) is 2.43. The van der Waals surface area contributed by atoms with Gasteiger partial charge in [-0.25, -0.2) is 8.78 Å². The summed E-state index contributed by atoms with van der Waals surface area (Å²) in [4.78, 5) is 4.99. The number of halogens is 2. The summed E-state index contributed by atoms with van der Waals surface area (Å²) in [7, 11) is 0. The van der Waals surface area contributed by atoms with E-state index in [1.54, 1.807) is 6.08 Å². The van der Waals surface area contributed by atoms with Crippen molar-refractivity contribution in [1.29, 1.82) is 0 Å². The predicted octanol–water partition coefficient (Wildman–Crippen LogP) is 2.30. The maximum Gasteiger partial charge on any atom is 0.111 e. The van der Waals surface area contributed by atoms with Gasteiger partial charge in [-0.3, -0.25) is 0 Å². The summed E-state index contributed by atoms with van der Waals surface area (Å²) in [5.74, 6) is -0.740. The number of nitrogens with one attached hydrogen (secondary N) is 1. The zero-order valence-electron chi connectivity index (χ0n) is 8.67. The van der Waals surface area contributed by atoms with Gasteiger partial charge < -0.3 is 4.84 Å². The van der Waals surface area contributed by atoms with Gasteiger partial charge in [0.1, 0.15) is 12.5 Å². The maximum atomic E-state index is 13.7. The summed E-state index contributed by atoms with van der Waals surface area (Å²) in [5, 5.41) is 0. The highest BCUT2D eigenvalue weighted by Gasteiger charge is 2.47. The molecule has 0 amide bonds. The van der Waals surface area contributed by atoms with Crippen molar-refractivity contribution in [2.24, 2.45) is 11.8 Å². The number of alkyl halides is 1. The largest absolute Gasteiger partial charge is 0.301 e. The average Bonchev–Trinajstić information content (AvgIpc) is 2.67. The Morgan fingerprint density at radius 1 is 1.67 bits per heavy atom. The predicted molar refractivity (Wildman–Crippen MR) is 53.4 cm³/mol. The molecule has 84 valence electrons. The summed E-state index contributed by atoms with van der Waals surface area (Å²) in [6.07, 6.45) is 5.49. The fraction of sp³-hybridized carbons (Fsp3) is 0.636. The normalized spacial score (nSPS) is 40.6. The van der Waals surface area contributed by atoms with Crippen LogP contribution in [-0.2, 0) is 4.84 Å². The molecule has 0 aromatic rings. The van der Waals surface area contributed by atoms with Crippen LogP contribution in [0.4, 0.5) is 8.78 Å². The lowest BCUT2D eigenvalue weighted by Crippen LogP contribution is -2.51. The van der Waals surface area contributed by atoms with Crippen LogP contribution in [0.25, 0.3) is 0 Å². The average molecular weight is 215 g/mol. The van der Waals surface area contributed by atoms with E-state index in [2.05, 4.69) is 5.48 Å². The summed E-state index contributed by atoms with van der Waals surface area (Å²) < 4.78 is 26.9. The Balaban J connectivity index is 2.27. The first kappa shape index (κ1) is 10.8. The molecule has 1 heterocycles. The summed E-state index contributed by atoms with van der Waals surface area (Å²) in [6.45, 7) is 1.71. The van der Waals surface area contributed by atoms with Crippen molar-refractivity contribution in [3.05, 3.63) is 24.1 Å². The maximum absolute atomic E-state index is 13.7. The van der Waals surface area contributed by atoms with Gasteiger partial charge >= 0.3 is 0 Å². The van der Waals surface area contributed by atoms with E-state index >= 15 is 0 Å². The van der Waals surface area contributed by atoms with E-state index in [9.17, 15) is 8.78 Å². The molecular formula is C11H15F2NO. The molecule has 3 atom stereocenters. The lowest BCUT2D eigenvalue weighted by atomic mass is 9.73. The molecule has 0 saturated carbocycles. The van der Waals surface area contributed by atoms with Crippen molar-refractivity contribution in [3.8, 4) is 0 Å².